The Bertz CT molecular complexity index is 486. The molecule has 2 N–H and O–H groups in total. The smallest absolute Gasteiger partial charge is 0.328 e. The minimum atomic E-state index is -0.656. The molecule has 0 aliphatic heterocycles. The fraction of sp³-hybridized carbons (Fsp3) is 0.643. The highest BCUT2D eigenvalue weighted by Crippen LogP contribution is 2.18. The van der Waals surface area contributed by atoms with Gasteiger partial charge in [-0.1, -0.05) is 27.7 Å². The number of thiazole rings is 1. The first-order valence-electron chi connectivity index (χ1n) is 6.91. The zero-order valence-corrected chi connectivity index (χ0v) is 13.9. The van der Waals surface area contributed by atoms with Crippen LogP contribution in [-0.2, 0) is 16.1 Å². The lowest BCUT2D eigenvalue weighted by atomic mass is 10.1. The van der Waals surface area contributed by atoms with Crippen molar-refractivity contribution < 1.29 is 14.3 Å². The van der Waals surface area contributed by atoms with Crippen LogP contribution >= 0.6 is 11.3 Å². The van der Waals surface area contributed by atoms with E-state index in [9.17, 15) is 9.59 Å². The van der Waals surface area contributed by atoms with E-state index in [1.807, 2.05) is 19.2 Å². The van der Waals surface area contributed by atoms with Gasteiger partial charge in [-0.2, -0.15) is 0 Å². The first-order valence-corrected chi connectivity index (χ1v) is 7.79. The topological polar surface area (TPSA) is 80.3 Å². The number of esters is 1. The van der Waals surface area contributed by atoms with E-state index in [0.717, 1.165) is 10.7 Å². The average molecular weight is 313 g/mol. The van der Waals surface area contributed by atoms with Crippen molar-refractivity contribution in [3.05, 3.63) is 16.1 Å². The predicted octanol–water partition coefficient (Wildman–Crippen LogP) is 2.26. The lowest BCUT2D eigenvalue weighted by Gasteiger charge is -2.19. The van der Waals surface area contributed by atoms with Crippen LogP contribution in [0.3, 0.4) is 0 Å². The lowest BCUT2D eigenvalue weighted by molar-refractivity contribution is -0.143. The summed E-state index contributed by atoms with van der Waals surface area (Å²) < 4.78 is 4.67. The highest BCUT2D eigenvalue weighted by Gasteiger charge is 2.24. The van der Waals surface area contributed by atoms with Gasteiger partial charge in [0.1, 0.15) is 6.04 Å². The van der Waals surface area contributed by atoms with Crippen LogP contribution in [0.15, 0.2) is 5.38 Å². The monoisotopic (exact) mass is 313 g/mol. The zero-order valence-electron chi connectivity index (χ0n) is 13.1. The Balaban J connectivity index is 2.50. The molecule has 0 radical (unpaired) electrons. The summed E-state index contributed by atoms with van der Waals surface area (Å²) in [7, 11) is 1.31. The second kappa shape index (κ2) is 7.97. The molecule has 21 heavy (non-hydrogen) atoms. The molecular formula is C14H23N3O3S. The normalized spacial score (nSPS) is 12.3. The van der Waals surface area contributed by atoms with Crippen LogP contribution in [0.2, 0.25) is 0 Å². The third kappa shape index (κ3) is 5.34. The van der Waals surface area contributed by atoms with Gasteiger partial charge in [0, 0.05) is 11.3 Å². The number of nitrogens with one attached hydrogen (secondary N) is 2. The molecule has 118 valence electrons. The minimum absolute atomic E-state index is 0.0463. The summed E-state index contributed by atoms with van der Waals surface area (Å²) in [6.45, 7) is 8.17. The second-order valence-corrected chi connectivity index (χ2v) is 6.29. The molecule has 0 unspecified atom stereocenters. The Morgan fingerprint density at radius 3 is 2.48 bits per heavy atom. The molecule has 1 aromatic rings. The maximum atomic E-state index is 11.8. The summed E-state index contributed by atoms with van der Waals surface area (Å²) in [6, 6.07) is -1.06. The van der Waals surface area contributed by atoms with E-state index in [1.165, 1.54) is 7.11 Å². The molecule has 0 aliphatic rings. The third-order valence-electron chi connectivity index (χ3n) is 2.90. The van der Waals surface area contributed by atoms with Gasteiger partial charge in [0.05, 0.1) is 24.4 Å². The van der Waals surface area contributed by atoms with Crippen molar-refractivity contribution in [3.63, 3.8) is 0 Å². The van der Waals surface area contributed by atoms with E-state index in [4.69, 9.17) is 0 Å². The van der Waals surface area contributed by atoms with Crippen molar-refractivity contribution in [1.29, 1.82) is 0 Å². The molecule has 0 fully saturated rings. The van der Waals surface area contributed by atoms with Gasteiger partial charge >= 0.3 is 12.0 Å². The highest BCUT2D eigenvalue weighted by atomic mass is 32.1. The number of amides is 2. The molecule has 1 atom stereocenters. The van der Waals surface area contributed by atoms with E-state index < -0.39 is 18.0 Å². The van der Waals surface area contributed by atoms with E-state index in [0.29, 0.717) is 12.5 Å². The Morgan fingerprint density at radius 1 is 1.33 bits per heavy atom. The molecule has 0 bridgehead atoms. The molecule has 1 rings (SSSR count). The summed E-state index contributed by atoms with van der Waals surface area (Å²) in [6.07, 6.45) is 0. The number of carbonyl (C=O) groups is 2. The fourth-order valence-electron chi connectivity index (χ4n) is 1.66. The van der Waals surface area contributed by atoms with Gasteiger partial charge in [-0.05, 0) is 5.92 Å². The zero-order chi connectivity index (χ0) is 16.0. The fourth-order valence-corrected chi connectivity index (χ4v) is 2.49. The van der Waals surface area contributed by atoms with E-state index in [1.54, 1.807) is 11.3 Å². The van der Waals surface area contributed by atoms with Gasteiger partial charge in [0.25, 0.3) is 0 Å². The van der Waals surface area contributed by atoms with Gasteiger partial charge in [-0.3, -0.25) is 0 Å². The van der Waals surface area contributed by atoms with Crippen LogP contribution in [0.5, 0.6) is 0 Å². The molecule has 1 heterocycles. The van der Waals surface area contributed by atoms with E-state index in [-0.39, 0.29) is 5.92 Å². The maximum absolute atomic E-state index is 11.8. The quantitative estimate of drug-likeness (QED) is 0.790. The van der Waals surface area contributed by atoms with Crippen LogP contribution in [0, 0.1) is 5.92 Å². The lowest BCUT2D eigenvalue weighted by Crippen LogP contribution is -2.48. The van der Waals surface area contributed by atoms with Crippen LogP contribution < -0.4 is 10.6 Å². The number of carbonyl (C=O) groups excluding carboxylic acids is 2. The number of rotatable bonds is 6. The summed E-state index contributed by atoms with van der Waals surface area (Å²) in [5, 5.41) is 8.29. The van der Waals surface area contributed by atoms with Gasteiger partial charge in [0.2, 0.25) is 0 Å². The Labute approximate surface area is 129 Å². The van der Waals surface area contributed by atoms with Gasteiger partial charge in [-0.15, -0.1) is 11.3 Å². The predicted molar refractivity (Wildman–Crippen MR) is 82.2 cm³/mol. The number of methoxy groups -OCH3 is 1. The first kappa shape index (κ1) is 17.4. The summed E-state index contributed by atoms with van der Waals surface area (Å²) >= 11 is 1.58. The van der Waals surface area contributed by atoms with E-state index in [2.05, 4.69) is 34.2 Å². The second-order valence-electron chi connectivity index (χ2n) is 5.40. The van der Waals surface area contributed by atoms with Crippen molar-refractivity contribution in [3.8, 4) is 0 Å². The van der Waals surface area contributed by atoms with Crippen LogP contribution in [0.4, 0.5) is 4.79 Å². The van der Waals surface area contributed by atoms with Crippen LogP contribution in [0.1, 0.15) is 44.3 Å². The molecule has 7 heteroatoms. The minimum Gasteiger partial charge on any atom is -0.467 e. The van der Waals surface area contributed by atoms with Crippen LogP contribution in [-0.4, -0.2) is 30.1 Å². The van der Waals surface area contributed by atoms with Crippen LogP contribution in [0.25, 0.3) is 0 Å². The average Bonchev–Trinajstić information content (AvgIpc) is 2.90. The number of nitrogens with zero attached hydrogens (tertiary/aromatic N) is 1. The molecular weight excluding hydrogens is 290 g/mol. The van der Waals surface area contributed by atoms with Gasteiger partial charge < -0.3 is 15.4 Å². The van der Waals surface area contributed by atoms with Gasteiger partial charge in [0.15, 0.2) is 0 Å². The molecule has 1 aromatic heterocycles. The number of urea groups is 1. The number of aromatic nitrogens is 1. The number of ether oxygens (including phenoxy) is 1. The highest BCUT2D eigenvalue weighted by molar-refractivity contribution is 7.09. The molecule has 0 spiro atoms. The molecule has 0 aliphatic carbocycles. The Kier molecular flexibility index (Phi) is 6.61. The SMILES string of the molecule is COC(=O)[C@@H](NC(=O)NCc1csc(C(C)C)n1)C(C)C. The summed E-state index contributed by atoms with van der Waals surface area (Å²) in [5.74, 6) is -0.117. The van der Waals surface area contributed by atoms with Crippen molar-refractivity contribution in [2.75, 3.05) is 7.11 Å². The maximum Gasteiger partial charge on any atom is 0.328 e. The Morgan fingerprint density at radius 2 is 2.00 bits per heavy atom. The molecule has 2 amide bonds. The van der Waals surface area contributed by atoms with Gasteiger partial charge in [-0.25, -0.2) is 14.6 Å². The van der Waals surface area contributed by atoms with Crippen molar-refractivity contribution in [2.24, 2.45) is 5.92 Å². The van der Waals surface area contributed by atoms with Crippen molar-refractivity contribution >= 4 is 23.3 Å². The largest absolute Gasteiger partial charge is 0.467 e. The number of hydrogen-bond acceptors (Lipinski definition) is 5. The van der Waals surface area contributed by atoms with Crippen molar-refractivity contribution in [2.45, 2.75) is 46.2 Å². The molecule has 0 saturated heterocycles. The molecule has 0 aromatic carbocycles. The molecule has 0 saturated carbocycles. The summed E-state index contributed by atoms with van der Waals surface area (Å²) in [5.41, 5.74) is 0.818. The standard InChI is InChI=1S/C14H23N3O3S/c1-8(2)11(13(18)20-5)17-14(19)15-6-10-7-21-12(16-10)9(3)4/h7-9,11H,6H2,1-5H3,(H2,15,17,19)/t11-/m0/s1. The summed E-state index contributed by atoms with van der Waals surface area (Å²) in [4.78, 5) is 27.8. The number of hydrogen-bond donors (Lipinski definition) is 2. The molecule has 6 nitrogen and oxygen atoms in total. The van der Waals surface area contributed by atoms with Crippen molar-refractivity contribution in [1.82, 2.24) is 15.6 Å². The van der Waals surface area contributed by atoms with E-state index >= 15 is 0 Å². The Hall–Kier alpha value is -1.63. The first-order chi connectivity index (χ1) is 9.85. The third-order valence-corrected chi connectivity index (χ3v) is 4.10.